The van der Waals surface area contributed by atoms with E-state index in [0.717, 1.165) is 0 Å². The molecule has 0 saturated carbocycles. The van der Waals surface area contributed by atoms with E-state index in [2.05, 4.69) is 5.32 Å². The highest BCUT2D eigenvalue weighted by Crippen LogP contribution is 2.15. The Balaban J connectivity index is 2.25. The summed E-state index contributed by atoms with van der Waals surface area (Å²) < 4.78 is 18.2. The second-order valence-electron chi connectivity index (χ2n) is 5.93. The molecule has 2 N–H and O–H groups in total. The third-order valence-electron chi connectivity index (χ3n) is 2.91. The molecule has 0 aliphatic heterocycles. The van der Waals surface area contributed by atoms with Crippen molar-refractivity contribution < 1.29 is 19.0 Å². The zero-order chi connectivity index (χ0) is 15.9. The Morgan fingerprint density at radius 3 is 2.81 bits per heavy atom. The predicted molar refractivity (Wildman–Crippen MR) is 79.6 cm³/mol. The van der Waals surface area contributed by atoms with Gasteiger partial charge in [0, 0.05) is 12.6 Å². The van der Waals surface area contributed by atoms with E-state index in [1.165, 1.54) is 12.1 Å². The lowest BCUT2D eigenvalue weighted by Gasteiger charge is -2.25. The third-order valence-corrected chi connectivity index (χ3v) is 2.91. The van der Waals surface area contributed by atoms with Gasteiger partial charge in [0.15, 0.2) is 0 Å². The molecule has 0 saturated heterocycles. The summed E-state index contributed by atoms with van der Waals surface area (Å²) in [5.74, 6) is 0.180. The van der Waals surface area contributed by atoms with Gasteiger partial charge in [-0.1, -0.05) is 19.9 Å². The molecule has 1 atom stereocenters. The fraction of sp³-hybridized carbons (Fsp3) is 0.562. The smallest absolute Gasteiger partial charge is 0.223 e. The molecule has 0 spiro atoms. The van der Waals surface area contributed by atoms with Crippen LogP contribution in [0.4, 0.5) is 4.39 Å². The molecule has 0 aliphatic rings. The average molecular weight is 297 g/mol. The van der Waals surface area contributed by atoms with Crippen LogP contribution < -0.4 is 10.1 Å². The first-order chi connectivity index (χ1) is 9.78. The van der Waals surface area contributed by atoms with Crippen molar-refractivity contribution in [1.29, 1.82) is 0 Å². The summed E-state index contributed by atoms with van der Waals surface area (Å²) in [4.78, 5) is 11.7. The van der Waals surface area contributed by atoms with Gasteiger partial charge in [0.05, 0.1) is 18.6 Å². The van der Waals surface area contributed by atoms with Gasteiger partial charge in [0.2, 0.25) is 5.91 Å². The maximum Gasteiger partial charge on any atom is 0.223 e. The van der Waals surface area contributed by atoms with Gasteiger partial charge in [-0.25, -0.2) is 4.39 Å². The predicted octanol–water partition coefficient (Wildman–Crippen LogP) is 2.51. The molecule has 5 heteroatoms. The summed E-state index contributed by atoms with van der Waals surface area (Å²) in [6, 6.07) is 5.78. The highest BCUT2D eigenvalue weighted by atomic mass is 19.1. The maximum absolute atomic E-state index is 12.9. The Bertz CT molecular complexity index is 461. The molecule has 0 aromatic heterocycles. The molecule has 118 valence electrons. The molecule has 1 amide bonds. The lowest BCUT2D eigenvalue weighted by Crippen LogP contribution is -2.41. The Labute approximate surface area is 125 Å². The molecule has 21 heavy (non-hydrogen) atoms. The average Bonchev–Trinajstić information content (AvgIpc) is 2.35. The van der Waals surface area contributed by atoms with Gasteiger partial charge in [-0.3, -0.25) is 4.79 Å². The SMILES string of the molecule is CC(C)CC(C)(O)CNC(=O)CCOc1cccc(F)c1. The number of carbonyl (C=O) groups is 1. The van der Waals surface area contributed by atoms with E-state index in [4.69, 9.17) is 4.74 Å². The highest BCUT2D eigenvalue weighted by molar-refractivity contribution is 5.76. The Kier molecular flexibility index (Phi) is 6.62. The summed E-state index contributed by atoms with van der Waals surface area (Å²) >= 11 is 0. The van der Waals surface area contributed by atoms with Crippen molar-refractivity contribution in [2.45, 2.75) is 39.2 Å². The molecule has 0 radical (unpaired) electrons. The van der Waals surface area contributed by atoms with Gasteiger partial charge < -0.3 is 15.2 Å². The summed E-state index contributed by atoms with van der Waals surface area (Å²) in [6.45, 7) is 6.12. The van der Waals surface area contributed by atoms with Crippen LogP contribution in [-0.2, 0) is 4.79 Å². The molecule has 0 heterocycles. The number of amides is 1. The van der Waals surface area contributed by atoms with Crippen LogP contribution in [0.3, 0.4) is 0 Å². The van der Waals surface area contributed by atoms with Gasteiger partial charge in [0.1, 0.15) is 11.6 Å². The summed E-state index contributed by atoms with van der Waals surface area (Å²) in [5, 5.41) is 12.8. The molecular formula is C16H24FNO3. The van der Waals surface area contributed by atoms with Gasteiger partial charge in [0.25, 0.3) is 0 Å². The molecule has 0 bridgehead atoms. The van der Waals surface area contributed by atoms with Crippen LogP contribution in [0.5, 0.6) is 5.75 Å². The largest absolute Gasteiger partial charge is 0.493 e. The minimum absolute atomic E-state index is 0.161. The van der Waals surface area contributed by atoms with Crippen LogP contribution in [0.1, 0.15) is 33.6 Å². The van der Waals surface area contributed by atoms with E-state index in [1.807, 2.05) is 13.8 Å². The van der Waals surface area contributed by atoms with Gasteiger partial charge >= 0.3 is 0 Å². The molecule has 1 aromatic carbocycles. The number of ether oxygens (including phenoxy) is 1. The summed E-state index contributed by atoms with van der Waals surface area (Å²) in [7, 11) is 0. The maximum atomic E-state index is 12.9. The number of halogens is 1. The van der Waals surface area contributed by atoms with Crippen molar-refractivity contribution in [1.82, 2.24) is 5.32 Å². The minimum Gasteiger partial charge on any atom is -0.493 e. The first kappa shape index (κ1) is 17.4. The normalized spacial score (nSPS) is 13.8. The fourth-order valence-corrected chi connectivity index (χ4v) is 2.15. The van der Waals surface area contributed by atoms with Gasteiger partial charge in [-0.05, 0) is 31.4 Å². The van der Waals surface area contributed by atoms with Crippen molar-refractivity contribution in [3.8, 4) is 5.75 Å². The second kappa shape index (κ2) is 7.98. The monoisotopic (exact) mass is 297 g/mol. The number of aliphatic hydroxyl groups is 1. The third kappa shape index (κ3) is 7.66. The number of hydrogen-bond donors (Lipinski definition) is 2. The number of benzene rings is 1. The molecule has 4 nitrogen and oxygen atoms in total. The van der Waals surface area contributed by atoms with E-state index in [-0.39, 0.29) is 31.3 Å². The van der Waals surface area contributed by atoms with Crippen molar-refractivity contribution in [3.63, 3.8) is 0 Å². The minimum atomic E-state index is -0.909. The molecule has 1 aromatic rings. The van der Waals surface area contributed by atoms with Crippen molar-refractivity contribution in [3.05, 3.63) is 30.1 Å². The van der Waals surface area contributed by atoms with Crippen LogP contribution in [0.2, 0.25) is 0 Å². The topological polar surface area (TPSA) is 58.6 Å². The van der Waals surface area contributed by atoms with E-state index < -0.39 is 5.60 Å². The fourth-order valence-electron chi connectivity index (χ4n) is 2.15. The standard InChI is InChI=1S/C16H24FNO3/c1-12(2)10-16(3,20)11-18-15(19)7-8-21-14-6-4-5-13(17)9-14/h4-6,9,12,20H,7-8,10-11H2,1-3H3,(H,18,19). The van der Waals surface area contributed by atoms with Crippen molar-refractivity contribution in [2.75, 3.05) is 13.2 Å². The zero-order valence-corrected chi connectivity index (χ0v) is 12.9. The number of nitrogens with one attached hydrogen (secondary N) is 1. The molecule has 1 rings (SSSR count). The molecule has 0 aliphatic carbocycles. The van der Waals surface area contributed by atoms with Gasteiger partial charge in [-0.15, -0.1) is 0 Å². The molecule has 1 unspecified atom stereocenters. The van der Waals surface area contributed by atoms with E-state index >= 15 is 0 Å². The van der Waals surface area contributed by atoms with Crippen LogP contribution in [0, 0.1) is 11.7 Å². The summed E-state index contributed by atoms with van der Waals surface area (Å²) in [5.41, 5.74) is -0.909. The van der Waals surface area contributed by atoms with Crippen molar-refractivity contribution >= 4 is 5.91 Å². The lowest BCUT2D eigenvalue weighted by atomic mass is 9.94. The van der Waals surface area contributed by atoms with Crippen LogP contribution in [0.25, 0.3) is 0 Å². The van der Waals surface area contributed by atoms with Gasteiger partial charge in [-0.2, -0.15) is 0 Å². The number of hydrogen-bond acceptors (Lipinski definition) is 3. The van der Waals surface area contributed by atoms with Crippen molar-refractivity contribution in [2.24, 2.45) is 5.92 Å². The molecular weight excluding hydrogens is 273 g/mol. The second-order valence-corrected chi connectivity index (χ2v) is 5.93. The first-order valence-corrected chi connectivity index (χ1v) is 7.16. The van der Waals surface area contributed by atoms with Crippen LogP contribution >= 0.6 is 0 Å². The molecule has 0 fully saturated rings. The van der Waals surface area contributed by atoms with E-state index in [1.54, 1.807) is 19.1 Å². The quantitative estimate of drug-likeness (QED) is 0.775. The Morgan fingerprint density at radius 2 is 2.19 bits per heavy atom. The van der Waals surface area contributed by atoms with Crippen LogP contribution in [-0.4, -0.2) is 29.8 Å². The van der Waals surface area contributed by atoms with Crippen LogP contribution in [0.15, 0.2) is 24.3 Å². The Morgan fingerprint density at radius 1 is 1.48 bits per heavy atom. The van der Waals surface area contributed by atoms with E-state index in [0.29, 0.717) is 18.1 Å². The number of rotatable bonds is 8. The zero-order valence-electron chi connectivity index (χ0n) is 12.9. The highest BCUT2D eigenvalue weighted by Gasteiger charge is 2.22. The first-order valence-electron chi connectivity index (χ1n) is 7.16. The number of carbonyl (C=O) groups excluding carboxylic acids is 1. The lowest BCUT2D eigenvalue weighted by molar-refractivity contribution is -0.122. The summed E-state index contributed by atoms with van der Waals surface area (Å²) in [6.07, 6.45) is 0.779. The Hall–Kier alpha value is -1.62. The van der Waals surface area contributed by atoms with E-state index in [9.17, 15) is 14.3 Å².